The molecule has 0 radical (unpaired) electrons. The van der Waals surface area contributed by atoms with E-state index in [-0.39, 0.29) is 30.2 Å². The maximum Gasteiger partial charge on any atom is 0.338 e. The van der Waals surface area contributed by atoms with Gasteiger partial charge in [0.05, 0.1) is 41.1 Å². The molecule has 3 atom stereocenters. The summed E-state index contributed by atoms with van der Waals surface area (Å²) >= 11 is 0. The lowest BCUT2D eigenvalue weighted by Gasteiger charge is -2.25. The smallest absolute Gasteiger partial charge is 0.338 e. The molecule has 3 saturated heterocycles. The Morgan fingerprint density at radius 1 is 1.11 bits per heavy atom. The first-order chi connectivity index (χ1) is 17.0. The second kappa shape index (κ2) is 9.14. The third-order valence-electron chi connectivity index (χ3n) is 6.68. The van der Waals surface area contributed by atoms with Crippen molar-refractivity contribution < 1.29 is 19.1 Å². The molecule has 0 bridgehead atoms. The maximum absolute atomic E-state index is 13.5. The van der Waals surface area contributed by atoms with E-state index in [4.69, 9.17) is 4.74 Å². The van der Waals surface area contributed by atoms with Crippen LogP contribution in [-0.4, -0.2) is 41.9 Å². The van der Waals surface area contributed by atoms with Gasteiger partial charge in [0.1, 0.15) is 6.07 Å². The van der Waals surface area contributed by atoms with E-state index < -0.39 is 17.8 Å². The number of amides is 2. The second-order valence-corrected chi connectivity index (χ2v) is 8.57. The summed E-state index contributed by atoms with van der Waals surface area (Å²) in [6, 6.07) is 17.2. The zero-order valence-electron chi connectivity index (χ0n) is 19.1. The molecule has 3 aliphatic heterocycles. The Morgan fingerprint density at radius 2 is 1.86 bits per heavy atom. The Labute approximate surface area is 202 Å². The summed E-state index contributed by atoms with van der Waals surface area (Å²) in [6.45, 7) is 2.67. The third-order valence-corrected chi connectivity index (χ3v) is 6.68. The summed E-state index contributed by atoms with van der Waals surface area (Å²) < 4.78 is 4.98. The molecule has 35 heavy (non-hydrogen) atoms. The number of imide groups is 1. The summed E-state index contributed by atoms with van der Waals surface area (Å²) in [4.78, 5) is 42.0. The van der Waals surface area contributed by atoms with Gasteiger partial charge in [0.15, 0.2) is 5.70 Å². The van der Waals surface area contributed by atoms with Crippen LogP contribution in [0.15, 0.2) is 76.2 Å². The number of carbonyl (C=O) groups is 3. The lowest BCUT2D eigenvalue weighted by atomic mass is 9.89. The van der Waals surface area contributed by atoms with Crippen molar-refractivity contribution in [3.05, 3.63) is 71.6 Å². The molecule has 0 N–H and O–H groups in total. The van der Waals surface area contributed by atoms with E-state index in [0.29, 0.717) is 29.2 Å². The van der Waals surface area contributed by atoms with Crippen LogP contribution in [0.25, 0.3) is 0 Å². The molecule has 0 unspecified atom stereocenters. The van der Waals surface area contributed by atoms with Crippen molar-refractivity contribution >= 4 is 29.2 Å². The maximum atomic E-state index is 13.5. The van der Waals surface area contributed by atoms with Crippen molar-refractivity contribution in [3.63, 3.8) is 0 Å². The molecule has 2 amide bonds. The minimum Gasteiger partial charge on any atom is -0.462 e. The van der Waals surface area contributed by atoms with Crippen LogP contribution in [-0.2, 0) is 14.3 Å². The van der Waals surface area contributed by atoms with Crippen molar-refractivity contribution in [1.82, 2.24) is 4.90 Å². The van der Waals surface area contributed by atoms with Crippen molar-refractivity contribution in [2.45, 2.75) is 25.8 Å². The number of ether oxygens (including phenoxy) is 1. The summed E-state index contributed by atoms with van der Waals surface area (Å²) in [5, 5.41) is 18.3. The van der Waals surface area contributed by atoms with Crippen LogP contribution in [0.1, 0.15) is 30.1 Å². The molecular weight excluding hydrogens is 446 g/mol. The fourth-order valence-electron chi connectivity index (χ4n) is 5.24. The van der Waals surface area contributed by atoms with Crippen molar-refractivity contribution in [1.29, 1.82) is 5.26 Å². The highest BCUT2D eigenvalue weighted by Gasteiger charge is 2.61. The highest BCUT2D eigenvalue weighted by molar-refractivity contribution is 6.23. The van der Waals surface area contributed by atoms with Gasteiger partial charge in [-0.1, -0.05) is 18.2 Å². The molecule has 0 spiro atoms. The fraction of sp³-hybridized carbons (Fsp3) is 0.308. The monoisotopic (exact) mass is 469 g/mol. The van der Waals surface area contributed by atoms with Gasteiger partial charge in [0.2, 0.25) is 11.8 Å². The number of allylic oxidation sites excluding steroid dienone is 1. The largest absolute Gasteiger partial charge is 0.462 e. The average molecular weight is 470 g/mol. The predicted octanol–water partition coefficient (Wildman–Crippen LogP) is 3.97. The molecule has 2 aromatic carbocycles. The molecule has 3 heterocycles. The van der Waals surface area contributed by atoms with E-state index in [2.05, 4.69) is 16.3 Å². The summed E-state index contributed by atoms with van der Waals surface area (Å²) in [6.07, 6.45) is 1.65. The first kappa shape index (κ1) is 22.5. The molecule has 3 fully saturated rings. The average Bonchev–Trinajstić information content (AvgIpc) is 3.53. The Bertz CT molecular complexity index is 1280. The van der Waals surface area contributed by atoms with Crippen LogP contribution < -0.4 is 4.90 Å². The second-order valence-electron chi connectivity index (χ2n) is 8.57. The molecule has 0 aliphatic carbocycles. The number of azo groups is 1. The van der Waals surface area contributed by atoms with Crippen LogP contribution in [0.4, 0.5) is 11.4 Å². The number of para-hydroxylation sites is 1. The van der Waals surface area contributed by atoms with Crippen LogP contribution in [0.5, 0.6) is 0 Å². The molecular formula is C26H23N5O4. The van der Waals surface area contributed by atoms with Crippen LogP contribution >= 0.6 is 0 Å². The third kappa shape index (κ3) is 3.77. The SMILES string of the molecule is CCOC(=O)c1ccc(N=N/C(C#N)=C2\[C@H]3C(=O)N(c4ccccc4)C(=O)[C@H]3[C@H]3CCCN23)cc1. The highest BCUT2D eigenvalue weighted by Crippen LogP contribution is 2.50. The van der Waals surface area contributed by atoms with Gasteiger partial charge < -0.3 is 9.64 Å². The summed E-state index contributed by atoms with van der Waals surface area (Å²) in [7, 11) is 0. The molecule has 9 nitrogen and oxygen atoms in total. The Kier molecular flexibility index (Phi) is 5.87. The number of fused-ring (bicyclic) bond motifs is 3. The highest BCUT2D eigenvalue weighted by atomic mass is 16.5. The van der Waals surface area contributed by atoms with Gasteiger partial charge in [-0.15, -0.1) is 10.2 Å². The zero-order valence-corrected chi connectivity index (χ0v) is 19.1. The van der Waals surface area contributed by atoms with E-state index >= 15 is 0 Å². The number of rotatable bonds is 5. The zero-order chi connectivity index (χ0) is 24.5. The van der Waals surface area contributed by atoms with Crippen LogP contribution in [0.3, 0.4) is 0 Å². The minimum absolute atomic E-state index is 0.0231. The van der Waals surface area contributed by atoms with Gasteiger partial charge in [-0.05, 0) is 56.2 Å². The quantitative estimate of drug-likeness (QED) is 0.283. The van der Waals surface area contributed by atoms with E-state index in [0.717, 1.165) is 12.8 Å². The van der Waals surface area contributed by atoms with Crippen molar-refractivity contribution in [2.24, 2.45) is 22.1 Å². The number of carbonyl (C=O) groups excluding carboxylic acids is 3. The minimum atomic E-state index is -0.757. The van der Waals surface area contributed by atoms with Gasteiger partial charge in [-0.3, -0.25) is 9.59 Å². The lowest BCUT2D eigenvalue weighted by molar-refractivity contribution is -0.123. The number of hydrogen-bond donors (Lipinski definition) is 0. The number of benzene rings is 2. The Morgan fingerprint density at radius 3 is 2.54 bits per heavy atom. The van der Waals surface area contributed by atoms with E-state index in [9.17, 15) is 19.6 Å². The lowest BCUT2D eigenvalue weighted by Crippen LogP contribution is -2.37. The number of nitriles is 1. The fourth-order valence-corrected chi connectivity index (χ4v) is 5.24. The molecule has 0 saturated carbocycles. The van der Waals surface area contributed by atoms with E-state index in [1.54, 1.807) is 55.5 Å². The number of esters is 1. The van der Waals surface area contributed by atoms with Gasteiger partial charge in [0, 0.05) is 12.6 Å². The van der Waals surface area contributed by atoms with E-state index in [1.807, 2.05) is 11.0 Å². The van der Waals surface area contributed by atoms with Gasteiger partial charge in [-0.25, -0.2) is 9.69 Å². The van der Waals surface area contributed by atoms with Crippen LogP contribution in [0.2, 0.25) is 0 Å². The van der Waals surface area contributed by atoms with Crippen molar-refractivity contribution in [3.8, 4) is 6.07 Å². The summed E-state index contributed by atoms with van der Waals surface area (Å²) in [5.41, 5.74) is 1.86. The normalized spacial score (nSPS) is 24.5. The van der Waals surface area contributed by atoms with Gasteiger partial charge in [0.25, 0.3) is 0 Å². The number of hydrogen-bond acceptors (Lipinski definition) is 8. The Balaban J connectivity index is 1.49. The molecule has 2 aromatic rings. The molecule has 176 valence electrons. The first-order valence-electron chi connectivity index (χ1n) is 11.6. The van der Waals surface area contributed by atoms with Crippen molar-refractivity contribution in [2.75, 3.05) is 18.1 Å². The van der Waals surface area contributed by atoms with E-state index in [1.165, 1.54) is 4.90 Å². The van der Waals surface area contributed by atoms with Gasteiger partial charge in [-0.2, -0.15) is 5.26 Å². The molecule has 0 aromatic heterocycles. The van der Waals surface area contributed by atoms with Crippen LogP contribution in [0, 0.1) is 23.2 Å². The number of anilines is 1. The summed E-state index contributed by atoms with van der Waals surface area (Å²) in [5.74, 6) is -2.30. The van der Waals surface area contributed by atoms with Gasteiger partial charge >= 0.3 is 5.97 Å². The first-order valence-corrected chi connectivity index (χ1v) is 11.6. The molecule has 3 aliphatic rings. The standard InChI is InChI=1S/C26H23N5O4/c1-2-35-26(34)16-10-12-17(13-11-16)28-29-19(15-27)23-22-21(20-9-6-14-30(20)23)24(32)31(25(22)33)18-7-4-3-5-8-18/h3-5,7-8,10-13,20-22H,2,6,9,14H2,1H3/b23-19+,29-28?/t20-,21+,22+/m1/s1. The predicted molar refractivity (Wildman–Crippen MR) is 125 cm³/mol. The Hall–Kier alpha value is -4.32. The number of nitrogens with zero attached hydrogens (tertiary/aromatic N) is 5. The molecule has 9 heteroatoms. The molecule has 5 rings (SSSR count). The topological polar surface area (TPSA) is 115 Å².